The fourth-order valence-corrected chi connectivity index (χ4v) is 3.74. The van der Waals surface area contributed by atoms with Gasteiger partial charge in [-0.25, -0.2) is 4.79 Å². The third-order valence-electron chi connectivity index (χ3n) is 6.85. The number of nitrogens with zero attached hydrogens (tertiary/aromatic N) is 2. The third kappa shape index (κ3) is 61.7. The van der Waals surface area contributed by atoms with Crippen LogP contribution in [0.25, 0.3) is 0 Å². The van der Waals surface area contributed by atoms with Gasteiger partial charge in [-0.2, -0.15) is 11.8 Å². The molecule has 2 amide bonds. The van der Waals surface area contributed by atoms with Crippen LogP contribution in [0.5, 0.6) is 0 Å². The van der Waals surface area contributed by atoms with Gasteiger partial charge < -0.3 is 104 Å². The number of carbonyl (C=O) groups excluding carboxylic acids is 2. The smallest absolute Gasteiger partial charge is 0.326 e. The van der Waals surface area contributed by atoms with Gasteiger partial charge in [-0.3, -0.25) is 53.1 Å². The Hall–Kier alpha value is -6.61. The summed E-state index contributed by atoms with van der Waals surface area (Å²) in [7, 11) is 0. The maximum atomic E-state index is 10.5. The molecular formula is C34H69N13O18S. The van der Waals surface area contributed by atoms with E-state index in [1.54, 1.807) is 11.8 Å². The minimum atomic E-state index is -1.23. The standard InChI is InChI=1S/C7H11NO5.2C6H14N4O2.C5H10N2O3.C5H9NO4.C5H11NO2S/c1-4(9)8-5(7(12)13)2-3-6(10)11;2*7-4(5(11)12)2-1-3-10-6(8)9;2*6-3(5(9)10)1-2-4(7)8;1-9-3-2-4(6)5(7)8/h5H,2-3H2,1H3,(H,8,9)(H,10,11)(H,12,13);2*4H,1-3,7H2,(H,11,12)(H4,8,9,10);3H,1-2,6H2,(H2,7,8)(H,9,10);3H,1-2,6H2,(H,7,8)(H,9,10);4H,2-3,6H2,1H3,(H,7,8)/t5-;2*4-;2*3-;4-/m000000/s1. The largest absolute Gasteiger partial charge is 0.481 e. The van der Waals surface area contributed by atoms with E-state index in [2.05, 4.69) is 15.3 Å². The zero-order valence-corrected chi connectivity index (χ0v) is 37.4. The highest BCUT2D eigenvalue weighted by molar-refractivity contribution is 7.98. The quantitative estimate of drug-likeness (QED) is 0.0207. The van der Waals surface area contributed by atoms with Gasteiger partial charge in [0.25, 0.3) is 0 Å². The van der Waals surface area contributed by atoms with E-state index in [0.29, 0.717) is 45.2 Å². The number of thioether (sulfide) groups is 1. The number of aliphatic imine (C=N–C) groups is 2. The van der Waals surface area contributed by atoms with Gasteiger partial charge in [0, 0.05) is 39.3 Å². The summed E-state index contributed by atoms with van der Waals surface area (Å²) in [5, 5.41) is 68.5. The van der Waals surface area contributed by atoms with Gasteiger partial charge in [0.15, 0.2) is 11.9 Å². The molecule has 6 atom stereocenters. The minimum Gasteiger partial charge on any atom is -0.481 e. The summed E-state index contributed by atoms with van der Waals surface area (Å²) < 4.78 is 0. The topological polar surface area (TPSA) is 629 Å². The van der Waals surface area contributed by atoms with Gasteiger partial charge in [-0.15, -0.1) is 0 Å². The number of primary amides is 1. The summed E-state index contributed by atoms with van der Waals surface area (Å²) in [6.07, 6.45) is 3.90. The number of rotatable bonds is 27. The molecule has 384 valence electrons. The molecule has 0 saturated carbocycles. The van der Waals surface area contributed by atoms with Crippen molar-refractivity contribution in [2.45, 2.75) is 114 Å². The Labute approximate surface area is 383 Å². The zero-order chi connectivity index (χ0) is 53.1. The highest BCUT2D eigenvalue weighted by Gasteiger charge is 2.19. The number of guanidine groups is 2. The average Bonchev–Trinajstić information content (AvgIpc) is 3.20. The number of nitrogens with one attached hydrogen (secondary N) is 1. The number of carboxylic acid groups (broad SMARTS) is 8. The second-order valence-electron chi connectivity index (χ2n) is 12.9. The first-order chi connectivity index (χ1) is 30.3. The van der Waals surface area contributed by atoms with Crippen LogP contribution in [0.15, 0.2) is 9.98 Å². The molecule has 0 rings (SSSR count). The van der Waals surface area contributed by atoms with E-state index in [1.807, 2.05) is 6.26 Å². The number of carbonyl (C=O) groups is 10. The van der Waals surface area contributed by atoms with Crippen LogP contribution in [0.2, 0.25) is 0 Å². The van der Waals surface area contributed by atoms with Crippen LogP contribution in [0.4, 0.5) is 0 Å². The number of carboxylic acids is 8. The Morgan fingerprint density at radius 3 is 1.03 bits per heavy atom. The van der Waals surface area contributed by atoms with E-state index in [4.69, 9.17) is 98.2 Å². The van der Waals surface area contributed by atoms with Crippen LogP contribution in [-0.2, 0) is 47.9 Å². The fraction of sp³-hybridized carbons (Fsp3) is 0.647. The Bertz CT molecular complexity index is 1460. The Morgan fingerprint density at radius 1 is 0.470 bits per heavy atom. The van der Waals surface area contributed by atoms with Crippen molar-refractivity contribution >= 4 is 83.2 Å². The predicted octanol–water partition coefficient (Wildman–Crippen LogP) is -5.58. The van der Waals surface area contributed by atoms with Crippen LogP contribution in [0.3, 0.4) is 0 Å². The van der Waals surface area contributed by atoms with Crippen molar-refractivity contribution in [2.75, 3.05) is 25.1 Å². The summed E-state index contributed by atoms with van der Waals surface area (Å²) in [4.78, 5) is 109. The van der Waals surface area contributed by atoms with Gasteiger partial charge in [-0.05, 0) is 63.4 Å². The first-order valence-corrected chi connectivity index (χ1v) is 20.4. The van der Waals surface area contributed by atoms with Crippen LogP contribution >= 0.6 is 11.8 Å². The monoisotopic (exact) mass is 979 g/mol. The molecule has 0 aliphatic heterocycles. The fourth-order valence-electron chi connectivity index (χ4n) is 3.25. The van der Waals surface area contributed by atoms with Gasteiger partial charge >= 0.3 is 47.8 Å². The molecule has 0 aromatic rings. The number of hydrogen-bond acceptors (Lipinski definition) is 18. The molecule has 0 fully saturated rings. The summed E-state index contributed by atoms with van der Waals surface area (Å²) in [6.45, 7) is 2.02. The van der Waals surface area contributed by atoms with Crippen molar-refractivity contribution < 1.29 is 88.8 Å². The summed E-state index contributed by atoms with van der Waals surface area (Å²) in [5.41, 5.74) is 50.6. The van der Waals surface area contributed by atoms with Crippen LogP contribution in [-0.4, -0.2) is 174 Å². The van der Waals surface area contributed by atoms with Crippen molar-refractivity contribution in [1.82, 2.24) is 5.32 Å². The molecule has 29 N–H and O–H groups in total. The van der Waals surface area contributed by atoms with Crippen molar-refractivity contribution in [3.63, 3.8) is 0 Å². The van der Waals surface area contributed by atoms with Gasteiger partial charge in [0.05, 0.1) is 0 Å². The minimum absolute atomic E-state index is 0.0129. The van der Waals surface area contributed by atoms with E-state index < -0.39 is 95.8 Å². The van der Waals surface area contributed by atoms with Crippen molar-refractivity contribution in [1.29, 1.82) is 0 Å². The second-order valence-corrected chi connectivity index (χ2v) is 13.8. The van der Waals surface area contributed by atoms with Crippen molar-refractivity contribution in [3.05, 3.63) is 0 Å². The molecule has 0 spiro atoms. The molecule has 0 aliphatic rings. The molecule has 0 heterocycles. The zero-order valence-electron chi connectivity index (χ0n) is 36.6. The molecule has 0 aromatic carbocycles. The molecule has 31 nitrogen and oxygen atoms in total. The Kier molecular flexibility index (Phi) is 48.4. The third-order valence-corrected chi connectivity index (χ3v) is 7.49. The molecule has 0 radical (unpaired) electrons. The van der Waals surface area contributed by atoms with Gasteiger partial charge in [-0.1, -0.05) is 0 Å². The maximum absolute atomic E-state index is 10.5. The van der Waals surface area contributed by atoms with Crippen molar-refractivity contribution in [2.24, 2.45) is 67.3 Å². The lowest BCUT2D eigenvalue weighted by molar-refractivity contribution is -0.143. The first-order valence-electron chi connectivity index (χ1n) is 19.0. The molecule has 66 heavy (non-hydrogen) atoms. The normalized spacial score (nSPS) is 12.3. The summed E-state index contributed by atoms with van der Waals surface area (Å²) in [6, 6.07) is -5.48. The number of nitrogens with two attached hydrogens (primary N) is 10. The van der Waals surface area contributed by atoms with Crippen molar-refractivity contribution in [3.8, 4) is 0 Å². The summed E-state index contributed by atoms with van der Waals surface area (Å²) >= 11 is 1.60. The molecule has 0 saturated heterocycles. The lowest BCUT2D eigenvalue weighted by atomic mass is 10.1. The van der Waals surface area contributed by atoms with E-state index in [9.17, 15) is 47.9 Å². The first kappa shape index (κ1) is 71.0. The second kappa shape index (κ2) is 45.0. The SMILES string of the molecule is CC(=O)N[C@@H](CCC(=O)O)C(=O)O.CSCC[C@H](N)C(=O)O.NC(=O)CC[C@H](N)C(=O)O.NC(N)=NCCC[C@H](N)C(=O)O.NC(N)=NCCC[C@H](N)C(=O)O.N[C@@H](CCC(=O)O)C(=O)O. The van der Waals surface area contributed by atoms with E-state index >= 15 is 0 Å². The average molecular weight is 980 g/mol. The molecule has 0 unspecified atom stereocenters. The van der Waals surface area contributed by atoms with Gasteiger partial charge in [0.1, 0.15) is 36.3 Å². The lowest BCUT2D eigenvalue weighted by Crippen LogP contribution is -2.39. The Balaban J connectivity index is -0.000000164. The molecule has 0 bridgehead atoms. The van der Waals surface area contributed by atoms with Crippen LogP contribution < -0.4 is 62.7 Å². The highest BCUT2D eigenvalue weighted by Crippen LogP contribution is 1.99. The van der Waals surface area contributed by atoms with E-state index in [1.165, 1.54) is 6.92 Å². The molecular weight excluding hydrogens is 911 g/mol. The summed E-state index contributed by atoms with van der Waals surface area (Å²) in [5.74, 6) is -8.71. The number of amides is 2. The predicted molar refractivity (Wildman–Crippen MR) is 238 cm³/mol. The van der Waals surface area contributed by atoms with Crippen LogP contribution in [0, 0.1) is 0 Å². The Morgan fingerprint density at radius 2 is 0.773 bits per heavy atom. The molecule has 0 aromatic heterocycles. The molecule has 0 aliphatic carbocycles. The number of aliphatic carboxylic acids is 8. The lowest BCUT2D eigenvalue weighted by Gasteiger charge is -2.10. The van der Waals surface area contributed by atoms with E-state index in [0.717, 1.165) is 5.75 Å². The van der Waals surface area contributed by atoms with E-state index in [-0.39, 0.29) is 50.4 Å². The highest BCUT2D eigenvalue weighted by atomic mass is 32.2. The van der Waals surface area contributed by atoms with Gasteiger partial charge in [0.2, 0.25) is 11.8 Å². The molecule has 32 heteroatoms. The van der Waals surface area contributed by atoms with Crippen LogP contribution in [0.1, 0.15) is 77.6 Å². The maximum Gasteiger partial charge on any atom is 0.326 e. The number of hydrogen-bond donors (Lipinski definition) is 19.